The van der Waals surface area contributed by atoms with E-state index < -0.39 is 40.2 Å². The van der Waals surface area contributed by atoms with Crippen LogP contribution in [0.2, 0.25) is 0 Å². The van der Waals surface area contributed by atoms with Crippen molar-refractivity contribution in [3.63, 3.8) is 0 Å². The summed E-state index contributed by atoms with van der Waals surface area (Å²) in [6, 6.07) is 12.8. The van der Waals surface area contributed by atoms with Gasteiger partial charge in [0.1, 0.15) is 10.7 Å². The lowest BCUT2D eigenvalue weighted by molar-refractivity contribution is -0.152. The van der Waals surface area contributed by atoms with E-state index in [0.29, 0.717) is 5.69 Å². The van der Waals surface area contributed by atoms with Crippen molar-refractivity contribution in [1.29, 1.82) is 0 Å². The van der Waals surface area contributed by atoms with E-state index in [1.54, 1.807) is 0 Å². The van der Waals surface area contributed by atoms with Gasteiger partial charge in [-0.15, -0.1) is 0 Å². The number of carbonyl (C=O) groups is 2. The summed E-state index contributed by atoms with van der Waals surface area (Å²) in [6.07, 6.45) is 2.85. The van der Waals surface area contributed by atoms with Gasteiger partial charge in [-0.2, -0.15) is 4.31 Å². The Bertz CT molecular complexity index is 1130. The van der Waals surface area contributed by atoms with E-state index in [4.69, 9.17) is 4.74 Å². The summed E-state index contributed by atoms with van der Waals surface area (Å²) < 4.78 is 45.6. The number of hydrogen-bond acceptors (Lipinski definition) is 6. The quantitative estimate of drug-likeness (QED) is 0.601. The Balaban J connectivity index is 1.22. The average molecular weight is 490 g/mol. The zero-order valence-corrected chi connectivity index (χ0v) is 19.6. The Morgan fingerprint density at radius 3 is 2.26 bits per heavy atom. The summed E-state index contributed by atoms with van der Waals surface area (Å²) >= 11 is 0. The Morgan fingerprint density at radius 1 is 0.971 bits per heavy atom. The average Bonchev–Trinajstić information content (AvgIpc) is 3.38. The van der Waals surface area contributed by atoms with Gasteiger partial charge < -0.3 is 15.0 Å². The minimum atomic E-state index is -3.97. The molecule has 182 valence electrons. The Labute approximate surface area is 198 Å². The number of benzene rings is 2. The molecular weight excluding hydrogens is 461 g/mol. The highest BCUT2D eigenvalue weighted by Gasteiger charge is 2.34. The smallest absolute Gasteiger partial charge is 0.309 e. The van der Waals surface area contributed by atoms with E-state index in [1.807, 2.05) is 24.3 Å². The van der Waals surface area contributed by atoms with E-state index in [1.165, 1.54) is 35.3 Å². The maximum absolute atomic E-state index is 13.9. The molecule has 1 amide bonds. The molecule has 2 aromatic rings. The molecule has 34 heavy (non-hydrogen) atoms. The van der Waals surface area contributed by atoms with Crippen LogP contribution in [0.1, 0.15) is 25.7 Å². The largest absolute Gasteiger partial charge is 0.455 e. The van der Waals surface area contributed by atoms with Gasteiger partial charge in [-0.3, -0.25) is 9.59 Å². The second-order valence-corrected chi connectivity index (χ2v) is 10.4. The predicted molar refractivity (Wildman–Crippen MR) is 125 cm³/mol. The van der Waals surface area contributed by atoms with Crippen LogP contribution in [0.4, 0.5) is 15.8 Å². The van der Waals surface area contributed by atoms with Crippen LogP contribution >= 0.6 is 0 Å². The molecule has 10 heteroatoms. The fraction of sp³-hybridized carbons (Fsp3) is 0.417. The molecule has 2 heterocycles. The number of halogens is 1. The minimum absolute atomic E-state index is 0.0754. The third-order valence-electron chi connectivity index (χ3n) is 6.21. The van der Waals surface area contributed by atoms with Gasteiger partial charge in [-0.05, 0) is 62.1 Å². The van der Waals surface area contributed by atoms with Crippen LogP contribution in [0.3, 0.4) is 0 Å². The number of ether oxygens (including phenoxy) is 1. The molecule has 8 nitrogen and oxygen atoms in total. The lowest BCUT2D eigenvalue weighted by Gasteiger charge is -2.30. The summed E-state index contributed by atoms with van der Waals surface area (Å²) in [5.74, 6) is -2.30. The lowest BCUT2D eigenvalue weighted by atomic mass is 9.98. The first-order chi connectivity index (χ1) is 16.3. The molecule has 2 aliphatic heterocycles. The van der Waals surface area contributed by atoms with Gasteiger partial charge in [-0.1, -0.05) is 12.1 Å². The van der Waals surface area contributed by atoms with Crippen molar-refractivity contribution < 1.29 is 27.1 Å². The standard InChI is InChI=1S/C24H28FN3O5S/c25-21-5-1-2-6-22(21)34(31,32)28-15-11-18(12-16-28)24(30)33-17-23(29)26-19-7-9-20(10-8-19)27-13-3-4-14-27/h1-2,5-10,18H,3-4,11-17H2,(H,26,29). The van der Waals surface area contributed by atoms with Crippen molar-refractivity contribution in [3.8, 4) is 0 Å². The number of rotatable bonds is 7. The first-order valence-corrected chi connectivity index (χ1v) is 12.8. The zero-order valence-electron chi connectivity index (χ0n) is 18.8. The summed E-state index contributed by atoms with van der Waals surface area (Å²) in [4.78, 5) is 26.5. The number of sulfonamides is 1. The van der Waals surface area contributed by atoms with E-state index in [-0.39, 0.29) is 30.8 Å². The number of nitrogens with one attached hydrogen (secondary N) is 1. The molecule has 0 unspecified atom stereocenters. The summed E-state index contributed by atoms with van der Waals surface area (Å²) in [7, 11) is -3.97. The molecular formula is C24H28FN3O5S. The highest BCUT2D eigenvalue weighted by molar-refractivity contribution is 7.89. The van der Waals surface area contributed by atoms with Crippen molar-refractivity contribution in [2.45, 2.75) is 30.6 Å². The number of nitrogens with zero attached hydrogens (tertiary/aromatic N) is 2. The third kappa shape index (κ3) is 5.56. The maximum atomic E-state index is 13.9. The van der Waals surface area contributed by atoms with Crippen LogP contribution in [-0.4, -0.2) is 57.4 Å². The van der Waals surface area contributed by atoms with Crippen molar-refractivity contribution in [3.05, 3.63) is 54.3 Å². The first-order valence-electron chi connectivity index (χ1n) is 11.4. The van der Waals surface area contributed by atoms with Gasteiger partial charge in [0.05, 0.1) is 5.92 Å². The molecule has 0 atom stereocenters. The van der Waals surface area contributed by atoms with E-state index in [2.05, 4.69) is 10.2 Å². The topological polar surface area (TPSA) is 96.0 Å². The van der Waals surface area contributed by atoms with Gasteiger partial charge in [0.2, 0.25) is 10.0 Å². The highest BCUT2D eigenvalue weighted by Crippen LogP contribution is 2.26. The number of esters is 1. The minimum Gasteiger partial charge on any atom is -0.455 e. The van der Waals surface area contributed by atoms with E-state index in [9.17, 15) is 22.4 Å². The normalized spacial score (nSPS) is 17.5. The molecule has 0 aromatic heterocycles. The monoisotopic (exact) mass is 489 g/mol. The number of amides is 1. The number of hydrogen-bond donors (Lipinski definition) is 1. The van der Waals surface area contributed by atoms with Gasteiger partial charge in [0.25, 0.3) is 5.91 Å². The van der Waals surface area contributed by atoms with E-state index >= 15 is 0 Å². The van der Waals surface area contributed by atoms with Gasteiger partial charge in [0.15, 0.2) is 6.61 Å². The Hall–Kier alpha value is -2.98. The fourth-order valence-corrected chi connectivity index (χ4v) is 5.84. The molecule has 2 fully saturated rings. The number of anilines is 2. The molecule has 1 N–H and O–H groups in total. The van der Waals surface area contributed by atoms with Crippen LogP contribution < -0.4 is 10.2 Å². The summed E-state index contributed by atoms with van der Waals surface area (Å²) in [6.45, 7) is 1.81. The lowest BCUT2D eigenvalue weighted by Crippen LogP contribution is -2.41. The van der Waals surface area contributed by atoms with Gasteiger partial charge >= 0.3 is 5.97 Å². The second-order valence-electron chi connectivity index (χ2n) is 8.51. The molecule has 4 rings (SSSR count). The third-order valence-corrected chi connectivity index (χ3v) is 8.14. The SMILES string of the molecule is O=C(COC(=O)C1CCN(S(=O)(=O)c2ccccc2F)CC1)Nc1ccc(N2CCCC2)cc1. The van der Waals surface area contributed by atoms with Crippen LogP contribution in [0.15, 0.2) is 53.4 Å². The molecule has 2 saturated heterocycles. The van der Waals surface area contributed by atoms with Crippen molar-refractivity contribution in [2.24, 2.45) is 5.92 Å². The Kier molecular flexibility index (Phi) is 7.47. The van der Waals surface area contributed by atoms with Gasteiger partial charge in [-0.25, -0.2) is 12.8 Å². The summed E-state index contributed by atoms with van der Waals surface area (Å²) in [5.41, 5.74) is 1.74. The molecule has 0 spiro atoms. The molecule has 2 aliphatic rings. The maximum Gasteiger partial charge on any atom is 0.309 e. The van der Waals surface area contributed by atoms with Crippen LogP contribution in [-0.2, 0) is 24.3 Å². The number of carbonyl (C=O) groups excluding carboxylic acids is 2. The van der Waals surface area contributed by atoms with Crippen molar-refractivity contribution in [2.75, 3.05) is 43.0 Å². The molecule has 0 aliphatic carbocycles. The summed E-state index contributed by atoms with van der Waals surface area (Å²) in [5, 5.41) is 2.71. The second kappa shape index (κ2) is 10.5. The fourth-order valence-electron chi connectivity index (χ4n) is 4.31. The zero-order chi connectivity index (χ0) is 24.1. The van der Waals surface area contributed by atoms with Crippen molar-refractivity contribution in [1.82, 2.24) is 4.31 Å². The predicted octanol–water partition coefficient (Wildman–Crippen LogP) is 3.01. The highest BCUT2D eigenvalue weighted by atomic mass is 32.2. The number of piperidine rings is 1. The van der Waals surface area contributed by atoms with Gasteiger partial charge in [0, 0.05) is 37.6 Å². The van der Waals surface area contributed by atoms with Crippen LogP contribution in [0.5, 0.6) is 0 Å². The van der Waals surface area contributed by atoms with Crippen LogP contribution in [0.25, 0.3) is 0 Å². The molecule has 0 saturated carbocycles. The molecule has 0 bridgehead atoms. The first kappa shape index (κ1) is 24.2. The van der Waals surface area contributed by atoms with Crippen LogP contribution in [0, 0.1) is 11.7 Å². The Morgan fingerprint density at radius 2 is 1.62 bits per heavy atom. The van der Waals surface area contributed by atoms with Crippen molar-refractivity contribution >= 4 is 33.3 Å². The molecule has 0 radical (unpaired) electrons. The van der Waals surface area contributed by atoms with E-state index in [0.717, 1.165) is 24.8 Å². The molecule has 2 aromatic carbocycles.